The Bertz CT molecular complexity index is 1110. The number of aryl methyl sites for hydroxylation is 1. The predicted octanol–water partition coefficient (Wildman–Crippen LogP) is 5.48. The molecule has 5 nitrogen and oxygen atoms in total. The van der Waals surface area contributed by atoms with Crippen LogP contribution in [-0.2, 0) is 16.1 Å². The Morgan fingerprint density at radius 1 is 1.00 bits per heavy atom. The van der Waals surface area contributed by atoms with Crippen LogP contribution in [0.2, 0.25) is 0 Å². The number of hydrogen-bond acceptors (Lipinski definition) is 3. The average Bonchev–Trinajstić information content (AvgIpc) is 2.81. The zero-order chi connectivity index (χ0) is 24.0. The summed E-state index contributed by atoms with van der Waals surface area (Å²) in [5, 5.41) is 5.03. The lowest BCUT2D eigenvalue weighted by Gasteiger charge is -2.29. The van der Waals surface area contributed by atoms with Gasteiger partial charge < -0.3 is 15.0 Å². The summed E-state index contributed by atoms with van der Waals surface area (Å²) in [5.74, 6) is 0.504. The molecule has 0 aliphatic heterocycles. The van der Waals surface area contributed by atoms with E-state index in [0.29, 0.717) is 24.8 Å². The van der Waals surface area contributed by atoms with Gasteiger partial charge in [-0.3, -0.25) is 9.59 Å². The summed E-state index contributed by atoms with van der Waals surface area (Å²) in [4.78, 5) is 27.6. The first-order chi connectivity index (χ1) is 15.8. The van der Waals surface area contributed by atoms with Gasteiger partial charge in [0.1, 0.15) is 11.8 Å². The predicted molar refractivity (Wildman–Crippen MR) is 136 cm³/mol. The lowest BCUT2D eigenvalue weighted by Crippen LogP contribution is -2.49. The second-order valence-electron chi connectivity index (χ2n) is 8.71. The first-order valence-corrected chi connectivity index (χ1v) is 12.0. The van der Waals surface area contributed by atoms with E-state index in [4.69, 9.17) is 4.74 Å². The van der Waals surface area contributed by atoms with E-state index in [0.717, 1.165) is 26.4 Å². The molecule has 0 saturated carbocycles. The molecule has 0 aliphatic rings. The Kier molecular flexibility index (Phi) is 8.50. The fraction of sp³-hybridized carbons (Fsp3) is 0.333. The molecule has 6 heteroatoms. The molecule has 33 heavy (non-hydrogen) atoms. The summed E-state index contributed by atoms with van der Waals surface area (Å²) in [7, 11) is 0. The van der Waals surface area contributed by atoms with E-state index in [9.17, 15) is 9.59 Å². The molecule has 3 aromatic carbocycles. The highest BCUT2D eigenvalue weighted by Crippen LogP contribution is 2.33. The van der Waals surface area contributed by atoms with Gasteiger partial charge in [0.15, 0.2) is 6.61 Å². The van der Waals surface area contributed by atoms with Crippen molar-refractivity contribution in [2.45, 2.75) is 40.3 Å². The molecule has 2 amide bonds. The number of ether oxygens (including phenoxy) is 1. The third-order valence-corrected chi connectivity index (χ3v) is 6.32. The van der Waals surface area contributed by atoms with Crippen molar-refractivity contribution in [3.8, 4) is 5.75 Å². The van der Waals surface area contributed by atoms with Gasteiger partial charge in [0.25, 0.3) is 5.91 Å². The van der Waals surface area contributed by atoms with Gasteiger partial charge in [0.05, 0.1) is 4.47 Å². The van der Waals surface area contributed by atoms with Gasteiger partial charge in [0.2, 0.25) is 5.91 Å². The number of carbonyl (C=O) groups excluding carboxylic acids is 2. The van der Waals surface area contributed by atoms with Crippen LogP contribution >= 0.6 is 15.9 Å². The van der Waals surface area contributed by atoms with Gasteiger partial charge in [-0.2, -0.15) is 0 Å². The van der Waals surface area contributed by atoms with E-state index in [1.807, 2.05) is 81.4 Å². The van der Waals surface area contributed by atoms with Crippen molar-refractivity contribution in [2.75, 3.05) is 13.2 Å². The van der Waals surface area contributed by atoms with Crippen molar-refractivity contribution in [3.05, 3.63) is 76.3 Å². The highest BCUT2D eigenvalue weighted by atomic mass is 79.9. The highest BCUT2D eigenvalue weighted by Gasteiger charge is 2.26. The molecule has 1 N–H and O–H groups in total. The SMILES string of the molecule is Cc1ccc(CN(C(=O)COc2ccc3ccccc3c2Br)[C@@H](C)C(=O)NCC(C)C)cc1. The van der Waals surface area contributed by atoms with E-state index in [2.05, 4.69) is 21.2 Å². The number of carbonyl (C=O) groups is 2. The molecule has 0 saturated heterocycles. The lowest BCUT2D eigenvalue weighted by molar-refractivity contribution is -0.142. The Hall–Kier alpha value is -2.86. The Labute approximate surface area is 204 Å². The van der Waals surface area contributed by atoms with Crippen LogP contribution < -0.4 is 10.1 Å². The number of fused-ring (bicyclic) bond motifs is 1. The number of nitrogens with one attached hydrogen (secondary N) is 1. The van der Waals surface area contributed by atoms with Crippen molar-refractivity contribution in [1.82, 2.24) is 10.2 Å². The Morgan fingerprint density at radius 2 is 1.70 bits per heavy atom. The second kappa shape index (κ2) is 11.3. The number of nitrogens with zero attached hydrogens (tertiary/aromatic N) is 1. The fourth-order valence-corrected chi connectivity index (χ4v) is 4.08. The molecule has 3 rings (SSSR count). The second-order valence-corrected chi connectivity index (χ2v) is 9.50. The standard InChI is InChI=1S/C27H31BrN2O3/c1-18(2)15-29-27(32)20(4)30(16-21-11-9-19(3)10-12-21)25(31)17-33-24-14-13-22-7-5-6-8-23(22)26(24)28/h5-14,18,20H,15-17H2,1-4H3,(H,29,32)/t20-/m0/s1. The normalized spacial score (nSPS) is 11.9. The van der Waals surface area contributed by atoms with E-state index in [1.165, 1.54) is 0 Å². The summed E-state index contributed by atoms with van der Waals surface area (Å²) in [6, 6.07) is 19.1. The first kappa shape index (κ1) is 24.8. The zero-order valence-corrected chi connectivity index (χ0v) is 21.2. The molecular formula is C27H31BrN2O3. The molecule has 0 unspecified atom stereocenters. The van der Waals surface area contributed by atoms with Crippen molar-refractivity contribution in [2.24, 2.45) is 5.92 Å². The monoisotopic (exact) mass is 510 g/mol. The van der Waals surface area contributed by atoms with E-state index < -0.39 is 6.04 Å². The summed E-state index contributed by atoms with van der Waals surface area (Å²) < 4.78 is 6.71. The van der Waals surface area contributed by atoms with Crippen LogP contribution in [0.15, 0.2) is 65.1 Å². The molecule has 0 aromatic heterocycles. The van der Waals surface area contributed by atoms with Crippen LogP contribution in [0.25, 0.3) is 10.8 Å². The van der Waals surface area contributed by atoms with Crippen molar-refractivity contribution < 1.29 is 14.3 Å². The number of amides is 2. The van der Waals surface area contributed by atoms with E-state index in [-0.39, 0.29) is 18.4 Å². The summed E-state index contributed by atoms with van der Waals surface area (Å²) in [6.45, 7) is 8.58. The maximum atomic E-state index is 13.3. The van der Waals surface area contributed by atoms with Crippen molar-refractivity contribution in [3.63, 3.8) is 0 Å². The minimum atomic E-state index is -0.624. The molecule has 1 atom stereocenters. The largest absolute Gasteiger partial charge is 0.483 e. The van der Waals surface area contributed by atoms with Crippen LogP contribution in [0.5, 0.6) is 5.75 Å². The highest BCUT2D eigenvalue weighted by molar-refractivity contribution is 9.10. The zero-order valence-electron chi connectivity index (χ0n) is 19.6. The smallest absolute Gasteiger partial charge is 0.261 e. The van der Waals surface area contributed by atoms with E-state index >= 15 is 0 Å². The van der Waals surface area contributed by atoms with Gasteiger partial charge in [-0.05, 0) is 58.1 Å². The minimum absolute atomic E-state index is 0.162. The molecule has 174 valence electrons. The molecule has 0 fully saturated rings. The number of rotatable bonds is 9. The maximum absolute atomic E-state index is 13.3. The lowest BCUT2D eigenvalue weighted by atomic mass is 10.1. The van der Waals surface area contributed by atoms with Crippen LogP contribution in [0, 0.1) is 12.8 Å². The van der Waals surface area contributed by atoms with Crippen LogP contribution in [0.4, 0.5) is 0 Å². The Balaban J connectivity index is 1.77. The minimum Gasteiger partial charge on any atom is -0.483 e. The molecule has 0 radical (unpaired) electrons. The topological polar surface area (TPSA) is 58.6 Å². The average molecular weight is 511 g/mol. The van der Waals surface area contributed by atoms with Gasteiger partial charge in [-0.15, -0.1) is 0 Å². The van der Waals surface area contributed by atoms with Gasteiger partial charge in [0, 0.05) is 13.1 Å². The number of benzene rings is 3. The van der Waals surface area contributed by atoms with Crippen LogP contribution in [0.1, 0.15) is 31.9 Å². The maximum Gasteiger partial charge on any atom is 0.261 e. The molecule has 0 bridgehead atoms. The molecule has 0 heterocycles. The third-order valence-electron chi connectivity index (χ3n) is 5.50. The molecule has 3 aromatic rings. The van der Waals surface area contributed by atoms with Gasteiger partial charge in [-0.25, -0.2) is 0 Å². The molecular weight excluding hydrogens is 480 g/mol. The summed E-state index contributed by atoms with van der Waals surface area (Å²) in [5.41, 5.74) is 2.10. The Morgan fingerprint density at radius 3 is 2.39 bits per heavy atom. The van der Waals surface area contributed by atoms with Gasteiger partial charge in [-0.1, -0.05) is 74.0 Å². The molecule has 0 aliphatic carbocycles. The third kappa shape index (κ3) is 6.57. The number of hydrogen-bond donors (Lipinski definition) is 1. The van der Waals surface area contributed by atoms with Crippen molar-refractivity contribution >= 4 is 38.5 Å². The molecule has 0 spiro atoms. The quantitative estimate of drug-likeness (QED) is 0.414. The first-order valence-electron chi connectivity index (χ1n) is 11.2. The van der Waals surface area contributed by atoms with Crippen LogP contribution in [-0.4, -0.2) is 35.9 Å². The summed E-state index contributed by atoms with van der Waals surface area (Å²) >= 11 is 3.60. The van der Waals surface area contributed by atoms with Crippen LogP contribution in [0.3, 0.4) is 0 Å². The van der Waals surface area contributed by atoms with Crippen molar-refractivity contribution in [1.29, 1.82) is 0 Å². The fourth-order valence-electron chi connectivity index (χ4n) is 3.47. The number of halogens is 1. The van der Waals surface area contributed by atoms with E-state index in [1.54, 1.807) is 11.8 Å². The summed E-state index contributed by atoms with van der Waals surface area (Å²) in [6.07, 6.45) is 0. The van der Waals surface area contributed by atoms with Gasteiger partial charge >= 0.3 is 0 Å².